The topological polar surface area (TPSA) is 75.4 Å². The largest absolute Gasteiger partial charge is 0.366 e. The minimum absolute atomic E-state index is 0.312. The summed E-state index contributed by atoms with van der Waals surface area (Å²) in [5.74, 6) is -0.547. The summed E-state index contributed by atoms with van der Waals surface area (Å²) in [4.78, 5) is 23.1. The van der Waals surface area contributed by atoms with Crippen LogP contribution in [0.1, 0.15) is 10.4 Å². The molecule has 0 saturated heterocycles. The first-order valence-corrected chi connectivity index (χ1v) is 7.19. The Morgan fingerprint density at radius 1 is 1.09 bits per heavy atom. The SMILES string of the molecule is NC(=O)c1ccc(N(S)C(=O)Nc2ccc(Cl)cc2Cl)cc1. The molecule has 0 saturated carbocycles. The third-order valence-electron chi connectivity index (χ3n) is 2.76. The maximum absolute atomic E-state index is 12.1. The standard InChI is InChI=1S/C14H11Cl2N3O2S/c15-9-3-6-12(11(16)7-9)18-14(21)19(22)10-4-1-8(2-5-10)13(17)20/h1-7,22H,(H2,17,20)(H,18,21). The van der Waals surface area contributed by atoms with Crippen molar-refractivity contribution in [2.75, 3.05) is 9.62 Å². The summed E-state index contributed by atoms with van der Waals surface area (Å²) in [5.41, 5.74) is 6.37. The van der Waals surface area contributed by atoms with Crippen molar-refractivity contribution in [3.63, 3.8) is 0 Å². The van der Waals surface area contributed by atoms with Gasteiger partial charge in [0, 0.05) is 10.6 Å². The highest BCUT2D eigenvalue weighted by atomic mass is 35.5. The molecule has 5 nitrogen and oxygen atoms in total. The zero-order valence-corrected chi connectivity index (χ0v) is 13.5. The van der Waals surface area contributed by atoms with E-state index >= 15 is 0 Å². The van der Waals surface area contributed by atoms with Crippen LogP contribution in [0.2, 0.25) is 10.0 Å². The van der Waals surface area contributed by atoms with Crippen molar-refractivity contribution in [1.82, 2.24) is 0 Å². The van der Waals surface area contributed by atoms with Crippen molar-refractivity contribution >= 4 is 59.3 Å². The van der Waals surface area contributed by atoms with Gasteiger partial charge in [0.15, 0.2) is 0 Å². The molecule has 0 aromatic heterocycles. The van der Waals surface area contributed by atoms with Crippen LogP contribution in [0.5, 0.6) is 0 Å². The van der Waals surface area contributed by atoms with Crippen LogP contribution in [-0.4, -0.2) is 11.9 Å². The minimum Gasteiger partial charge on any atom is -0.366 e. The molecular formula is C14H11Cl2N3O2S. The van der Waals surface area contributed by atoms with Crippen LogP contribution in [0.15, 0.2) is 42.5 Å². The van der Waals surface area contributed by atoms with E-state index in [1.165, 1.54) is 18.2 Å². The quantitative estimate of drug-likeness (QED) is 0.728. The van der Waals surface area contributed by atoms with Gasteiger partial charge in [0.2, 0.25) is 5.91 Å². The number of primary amides is 1. The molecular weight excluding hydrogens is 345 g/mol. The minimum atomic E-state index is -0.547. The Kier molecular flexibility index (Phi) is 5.18. The monoisotopic (exact) mass is 355 g/mol. The average Bonchev–Trinajstić information content (AvgIpc) is 2.49. The number of rotatable bonds is 3. The van der Waals surface area contributed by atoms with Crippen molar-refractivity contribution in [2.45, 2.75) is 0 Å². The molecule has 22 heavy (non-hydrogen) atoms. The van der Waals surface area contributed by atoms with E-state index in [4.69, 9.17) is 28.9 Å². The van der Waals surface area contributed by atoms with Gasteiger partial charge in [-0.2, -0.15) is 0 Å². The highest BCUT2D eigenvalue weighted by Gasteiger charge is 2.14. The van der Waals surface area contributed by atoms with Crippen LogP contribution in [0, 0.1) is 0 Å². The summed E-state index contributed by atoms with van der Waals surface area (Å²) < 4.78 is 1.08. The van der Waals surface area contributed by atoms with Crippen LogP contribution in [-0.2, 0) is 0 Å². The Morgan fingerprint density at radius 3 is 2.27 bits per heavy atom. The molecule has 2 aromatic carbocycles. The van der Waals surface area contributed by atoms with E-state index in [9.17, 15) is 9.59 Å². The van der Waals surface area contributed by atoms with E-state index < -0.39 is 11.9 Å². The molecule has 0 radical (unpaired) electrons. The van der Waals surface area contributed by atoms with Crippen molar-refractivity contribution in [1.29, 1.82) is 0 Å². The Labute approximate surface area is 142 Å². The van der Waals surface area contributed by atoms with E-state index in [0.29, 0.717) is 27.0 Å². The Bertz CT molecular complexity index is 723. The molecule has 0 unspecified atom stereocenters. The molecule has 3 amide bonds. The highest BCUT2D eigenvalue weighted by Crippen LogP contribution is 2.26. The number of hydrogen-bond acceptors (Lipinski definition) is 3. The van der Waals surface area contributed by atoms with Crippen LogP contribution in [0.4, 0.5) is 16.2 Å². The average molecular weight is 356 g/mol. The Balaban J connectivity index is 2.13. The van der Waals surface area contributed by atoms with Gasteiger partial charge in [-0.05, 0) is 42.5 Å². The van der Waals surface area contributed by atoms with Gasteiger partial charge in [0.05, 0.1) is 16.4 Å². The number of nitrogens with zero attached hydrogens (tertiary/aromatic N) is 1. The summed E-state index contributed by atoms with van der Waals surface area (Å²) in [7, 11) is 0. The number of nitrogens with two attached hydrogens (primary N) is 1. The number of carbonyl (C=O) groups excluding carboxylic acids is 2. The van der Waals surface area contributed by atoms with Crippen molar-refractivity contribution in [2.24, 2.45) is 5.73 Å². The number of benzene rings is 2. The van der Waals surface area contributed by atoms with Crippen molar-refractivity contribution in [3.05, 3.63) is 58.1 Å². The number of urea groups is 1. The van der Waals surface area contributed by atoms with Gasteiger partial charge in [-0.1, -0.05) is 36.0 Å². The van der Waals surface area contributed by atoms with Gasteiger partial charge in [-0.15, -0.1) is 0 Å². The maximum atomic E-state index is 12.1. The molecule has 0 bridgehead atoms. The number of hydrogen-bond donors (Lipinski definition) is 3. The van der Waals surface area contributed by atoms with Crippen LogP contribution in [0.3, 0.4) is 0 Å². The number of anilines is 2. The number of amides is 3. The lowest BCUT2D eigenvalue weighted by Gasteiger charge is -2.17. The second-order valence-corrected chi connectivity index (χ2v) is 5.52. The fourth-order valence-corrected chi connectivity index (χ4v) is 2.28. The van der Waals surface area contributed by atoms with Gasteiger partial charge < -0.3 is 11.1 Å². The van der Waals surface area contributed by atoms with E-state index in [1.54, 1.807) is 24.3 Å². The first-order valence-electron chi connectivity index (χ1n) is 6.03. The van der Waals surface area contributed by atoms with E-state index in [0.717, 1.165) is 4.31 Å². The zero-order chi connectivity index (χ0) is 16.3. The molecule has 0 atom stereocenters. The fraction of sp³-hybridized carbons (Fsp3) is 0. The molecule has 8 heteroatoms. The smallest absolute Gasteiger partial charge is 0.336 e. The van der Waals surface area contributed by atoms with Crippen LogP contribution in [0.25, 0.3) is 0 Å². The lowest BCUT2D eigenvalue weighted by Crippen LogP contribution is -2.27. The Morgan fingerprint density at radius 2 is 1.73 bits per heavy atom. The molecule has 0 spiro atoms. The van der Waals surface area contributed by atoms with Gasteiger partial charge in [-0.3, -0.25) is 4.79 Å². The summed E-state index contributed by atoms with van der Waals surface area (Å²) in [6.07, 6.45) is 0. The van der Waals surface area contributed by atoms with Gasteiger partial charge >= 0.3 is 6.03 Å². The summed E-state index contributed by atoms with van der Waals surface area (Å²) in [5, 5.41) is 3.38. The van der Waals surface area contributed by atoms with E-state index in [1.807, 2.05) is 0 Å². The van der Waals surface area contributed by atoms with Crippen LogP contribution < -0.4 is 15.4 Å². The number of nitrogens with one attached hydrogen (secondary N) is 1. The second-order valence-electron chi connectivity index (χ2n) is 4.28. The third-order valence-corrected chi connectivity index (χ3v) is 3.72. The third kappa shape index (κ3) is 3.85. The first-order chi connectivity index (χ1) is 10.4. The summed E-state index contributed by atoms with van der Waals surface area (Å²) >= 11 is 15.9. The van der Waals surface area contributed by atoms with E-state index in [-0.39, 0.29) is 0 Å². The predicted molar refractivity (Wildman–Crippen MR) is 91.9 cm³/mol. The molecule has 0 aliphatic carbocycles. The molecule has 0 fully saturated rings. The zero-order valence-electron chi connectivity index (χ0n) is 11.1. The summed E-state index contributed by atoms with van der Waals surface area (Å²) in [6.45, 7) is 0. The van der Waals surface area contributed by atoms with E-state index in [2.05, 4.69) is 18.1 Å². The molecule has 0 aliphatic heterocycles. The van der Waals surface area contributed by atoms with Gasteiger partial charge in [-0.25, -0.2) is 9.10 Å². The maximum Gasteiger partial charge on any atom is 0.336 e. The first kappa shape index (κ1) is 16.5. The van der Waals surface area contributed by atoms with Gasteiger partial charge in [0.25, 0.3) is 0 Å². The molecule has 114 valence electrons. The van der Waals surface area contributed by atoms with Gasteiger partial charge in [0.1, 0.15) is 0 Å². The number of thiol groups is 1. The van der Waals surface area contributed by atoms with Crippen molar-refractivity contribution in [3.8, 4) is 0 Å². The second kappa shape index (κ2) is 6.91. The molecule has 2 rings (SSSR count). The summed E-state index contributed by atoms with van der Waals surface area (Å²) in [6, 6.07) is 10.3. The lowest BCUT2D eigenvalue weighted by atomic mass is 10.2. The fourth-order valence-electron chi connectivity index (χ4n) is 1.64. The molecule has 0 heterocycles. The molecule has 2 aromatic rings. The highest BCUT2D eigenvalue weighted by molar-refractivity contribution is 7.82. The van der Waals surface area contributed by atoms with Crippen LogP contribution >= 0.6 is 36.0 Å². The normalized spacial score (nSPS) is 10.1. The van der Waals surface area contributed by atoms with Crippen molar-refractivity contribution < 1.29 is 9.59 Å². The molecule has 3 N–H and O–H groups in total. The number of carbonyl (C=O) groups is 2. The molecule has 0 aliphatic rings. The Hall–Kier alpha value is -1.89. The predicted octanol–water partition coefficient (Wildman–Crippen LogP) is 3.98. The number of halogens is 2. The lowest BCUT2D eigenvalue weighted by molar-refractivity contribution is 0.100.